The van der Waals surface area contributed by atoms with E-state index in [2.05, 4.69) is 11.4 Å². The third-order valence-corrected chi connectivity index (χ3v) is 4.36. The number of ether oxygens (including phenoxy) is 2. The average Bonchev–Trinajstić information content (AvgIpc) is 2.67. The predicted octanol–water partition coefficient (Wildman–Crippen LogP) is 2.66. The zero-order chi connectivity index (χ0) is 18.5. The number of carbonyl (C=O) groups excluding carboxylic acids is 1. The number of carbonyl (C=O) groups is 1. The second-order valence-electron chi connectivity index (χ2n) is 6.30. The van der Waals surface area contributed by atoms with Crippen molar-refractivity contribution in [3.8, 4) is 17.6 Å². The summed E-state index contributed by atoms with van der Waals surface area (Å²) in [5.74, 6) is 1.33. The molecule has 0 unspecified atom stereocenters. The van der Waals surface area contributed by atoms with Gasteiger partial charge in [-0.25, -0.2) is 0 Å². The molecule has 0 fully saturated rings. The number of likely N-dealkylation sites (N-methyl/N-ethyl adjacent to an activating group) is 1. The Morgan fingerprint density at radius 2 is 2.08 bits per heavy atom. The molecule has 2 atom stereocenters. The fourth-order valence-electron chi connectivity index (χ4n) is 2.75. The minimum absolute atomic E-state index is 0.139. The molecule has 26 heavy (non-hydrogen) atoms. The van der Waals surface area contributed by atoms with E-state index in [0.29, 0.717) is 24.4 Å². The molecule has 6 heteroatoms. The van der Waals surface area contributed by atoms with Crippen molar-refractivity contribution in [1.29, 1.82) is 5.26 Å². The maximum Gasteiger partial charge on any atom is 0.241 e. The Balaban J connectivity index is 1.56. The van der Waals surface area contributed by atoms with Crippen molar-refractivity contribution in [2.24, 2.45) is 0 Å². The smallest absolute Gasteiger partial charge is 0.241 e. The van der Waals surface area contributed by atoms with Crippen molar-refractivity contribution < 1.29 is 14.3 Å². The highest BCUT2D eigenvalue weighted by molar-refractivity contribution is 5.94. The summed E-state index contributed by atoms with van der Waals surface area (Å²) in [5, 5.41) is 11.8. The standard InChI is InChI=1S/C20H21N3O3/c1-14(20(24)22-16-7-5-6-15(10-16)11-21)23(2)12-17-13-25-18-8-3-4-9-19(18)26-17/h3-10,14,17H,12-13H2,1-2H3,(H,22,24)/t14-,17+/m1/s1. The molecule has 0 saturated carbocycles. The van der Waals surface area contributed by atoms with Gasteiger partial charge < -0.3 is 14.8 Å². The van der Waals surface area contributed by atoms with E-state index in [0.717, 1.165) is 11.5 Å². The summed E-state index contributed by atoms with van der Waals surface area (Å²) in [6.07, 6.45) is -0.146. The van der Waals surface area contributed by atoms with Gasteiger partial charge in [-0.05, 0) is 44.3 Å². The van der Waals surface area contributed by atoms with Crippen molar-refractivity contribution in [3.05, 3.63) is 54.1 Å². The molecular weight excluding hydrogens is 330 g/mol. The van der Waals surface area contributed by atoms with Gasteiger partial charge in [0.1, 0.15) is 12.7 Å². The van der Waals surface area contributed by atoms with Crippen LogP contribution in [0.2, 0.25) is 0 Å². The maximum atomic E-state index is 12.5. The first kappa shape index (κ1) is 17.8. The summed E-state index contributed by atoms with van der Waals surface area (Å²) < 4.78 is 11.7. The molecule has 134 valence electrons. The molecule has 1 heterocycles. The van der Waals surface area contributed by atoms with Gasteiger partial charge in [0.2, 0.25) is 5.91 Å². The molecule has 1 N–H and O–H groups in total. The van der Waals surface area contributed by atoms with E-state index in [1.807, 2.05) is 43.1 Å². The number of nitrogens with zero attached hydrogens (tertiary/aromatic N) is 2. The lowest BCUT2D eigenvalue weighted by Crippen LogP contribution is -2.46. The predicted molar refractivity (Wildman–Crippen MR) is 98.2 cm³/mol. The number of para-hydroxylation sites is 2. The second-order valence-corrected chi connectivity index (χ2v) is 6.30. The van der Waals surface area contributed by atoms with E-state index in [-0.39, 0.29) is 18.1 Å². The summed E-state index contributed by atoms with van der Waals surface area (Å²) in [4.78, 5) is 14.4. The van der Waals surface area contributed by atoms with Crippen LogP contribution in [0.5, 0.6) is 11.5 Å². The first-order valence-corrected chi connectivity index (χ1v) is 8.46. The summed E-state index contributed by atoms with van der Waals surface area (Å²) in [6.45, 7) is 2.84. The van der Waals surface area contributed by atoms with E-state index in [4.69, 9.17) is 14.7 Å². The van der Waals surface area contributed by atoms with E-state index < -0.39 is 0 Å². The summed E-state index contributed by atoms with van der Waals surface area (Å²) in [5.41, 5.74) is 1.12. The van der Waals surface area contributed by atoms with Crippen LogP contribution in [0.1, 0.15) is 12.5 Å². The van der Waals surface area contributed by atoms with Crippen LogP contribution in [0.3, 0.4) is 0 Å². The van der Waals surface area contributed by atoms with Crippen LogP contribution in [0, 0.1) is 11.3 Å². The Hall–Kier alpha value is -3.04. The highest BCUT2D eigenvalue weighted by Gasteiger charge is 2.26. The number of hydrogen-bond donors (Lipinski definition) is 1. The van der Waals surface area contributed by atoms with Crippen LogP contribution in [0.15, 0.2) is 48.5 Å². The Bertz CT molecular complexity index is 831. The molecule has 2 aromatic rings. The van der Waals surface area contributed by atoms with Crippen LogP contribution in [-0.4, -0.2) is 43.2 Å². The number of nitrogens with one attached hydrogen (secondary N) is 1. The monoisotopic (exact) mass is 351 g/mol. The van der Waals surface area contributed by atoms with Gasteiger partial charge in [-0.2, -0.15) is 5.26 Å². The number of anilines is 1. The molecule has 1 amide bonds. The van der Waals surface area contributed by atoms with Gasteiger partial charge in [0.05, 0.1) is 17.7 Å². The second kappa shape index (κ2) is 7.89. The van der Waals surface area contributed by atoms with Gasteiger partial charge in [0, 0.05) is 12.2 Å². The zero-order valence-electron chi connectivity index (χ0n) is 14.8. The van der Waals surface area contributed by atoms with Gasteiger partial charge in [0.25, 0.3) is 0 Å². The van der Waals surface area contributed by atoms with Crippen molar-refractivity contribution in [2.75, 3.05) is 25.5 Å². The number of rotatable bonds is 5. The molecule has 1 aliphatic rings. The first-order chi connectivity index (χ1) is 12.6. The summed E-state index contributed by atoms with van der Waals surface area (Å²) in [7, 11) is 1.87. The first-order valence-electron chi connectivity index (χ1n) is 8.46. The van der Waals surface area contributed by atoms with Crippen molar-refractivity contribution >= 4 is 11.6 Å². The van der Waals surface area contributed by atoms with Crippen LogP contribution in [-0.2, 0) is 4.79 Å². The van der Waals surface area contributed by atoms with Crippen molar-refractivity contribution in [2.45, 2.75) is 19.1 Å². The van der Waals surface area contributed by atoms with Crippen LogP contribution < -0.4 is 14.8 Å². The molecule has 1 aliphatic heterocycles. The maximum absolute atomic E-state index is 12.5. The van der Waals surface area contributed by atoms with Gasteiger partial charge in [-0.1, -0.05) is 18.2 Å². The van der Waals surface area contributed by atoms with E-state index >= 15 is 0 Å². The quantitative estimate of drug-likeness (QED) is 0.896. The van der Waals surface area contributed by atoms with Crippen LogP contribution >= 0.6 is 0 Å². The van der Waals surface area contributed by atoms with Crippen LogP contribution in [0.4, 0.5) is 5.69 Å². The SMILES string of the molecule is C[C@H](C(=O)Nc1cccc(C#N)c1)N(C)C[C@H]1COc2ccccc2O1. The molecule has 2 aromatic carbocycles. The van der Waals surface area contributed by atoms with Crippen LogP contribution in [0.25, 0.3) is 0 Å². The fourth-order valence-corrected chi connectivity index (χ4v) is 2.75. The van der Waals surface area contributed by atoms with Gasteiger partial charge >= 0.3 is 0 Å². The molecule has 0 aliphatic carbocycles. The molecular formula is C20H21N3O3. The molecule has 0 radical (unpaired) electrons. The van der Waals surface area contributed by atoms with Gasteiger partial charge in [-0.3, -0.25) is 9.69 Å². The topological polar surface area (TPSA) is 74.6 Å². The third-order valence-electron chi connectivity index (χ3n) is 4.36. The molecule has 0 saturated heterocycles. The Labute approximate surface area is 152 Å². The summed E-state index contributed by atoms with van der Waals surface area (Å²) >= 11 is 0. The molecule has 3 rings (SSSR count). The summed E-state index contributed by atoms with van der Waals surface area (Å²) in [6, 6.07) is 16.1. The lowest BCUT2D eigenvalue weighted by atomic mass is 10.2. The molecule has 0 spiro atoms. The largest absolute Gasteiger partial charge is 0.486 e. The highest BCUT2D eigenvalue weighted by Crippen LogP contribution is 2.31. The molecule has 0 bridgehead atoms. The normalized spacial score (nSPS) is 16.6. The molecule has 6 nitrogen and oxygen atoms in total. The van der Waals surface area contributed by atoms with E-state index in [9.17, 15) is 4.79 Å². The lowest BCUT2D eigenvalue weighted by Gasteiger charge is -2.31. The third kappa shape index (κ3) is 4.13. The molecule has 0 aromatic heterocycles. The highest BCUT2D eigenvalue weighted by atomic mass is 16.6. The minimum atomic E-state index is -0.360. The van der Waals surface area contributed by atoms with Gasteiger partial charge in [-0.15, -0.1) is 0 Å². The van der Waals surface area contributed by atoms with Gasteiger partial charge in [0.15, 0.2) is 11.5 Å². The number of fused-ring (bicyclic) bond motifs is 1. The van der Waals surface area contributed by atoms with E-state index in [1.54, 1.807) is 24.3 Å². The van der Waals surface area contributed by atoms with E-state index in [1.165, 1.54) is 0 Å². The van der Waals surface area contributed by atoms with Crippen molar-refractivity contribution in [3.63, 3.8) is 0 Å². The zero-order valence-corrected chi connectivity index (χ0v) is 14.8. The van der Waals surface area contributed by atoms with Crippen molar-refractivity contribution in [1.82, 2.24) is 4.90 Å². The number of nitriles is 1. The fraction of sp³-hybridized carbons (Fsp3) is 0.300. The number of amides is 1. The number of benzene rings is 2. The Morgan fingerprint density at radius 3 is 2.85 bits per heavy atom. The Kier molecular flexibility index (Phi) is 5.40. The average molecular weight is 351 g/mol. The lowest BCUT2D eigenvalue weighted by molar-refractivity contribution is -0.120. The number of hydrogen-bond acceptors (Lipinski definition) is 5. The Morgan fingerprint density at radius 1 is 1.31 bits per heavy atom. The minimum Gasteiger partial charge on any atom is -0.486 e.